The Morgan fingerprint density at radius 1 is 0.897 bits per heavy atom. The van der Waals surface area contributed by atoms with E-state index in [1.54, 1.807) is 30.3 Å². The lowest BCUT2D eigenvalue weighted by Crippen LogP contribution is -2.64. The summed E-state index contributed by atoms with van der Waals surface area (Å²) in [4.78, 5) is 25.7. The zero-order valence-electron chi connectivity index (χ0n) is 20.1. The molecule has 1 aromatic carbocycles. The zero-order valence-corrected chi connectivity index (χ0v) is 22.5. The smallest absolute Gasteiger partial charge is 0.239 e. The molecule has 0 aliphatic carbocycles. The third-order valence-electron chi connectivity index (χ3n) is 5.01. The topological polar surface area (TPSA) is 267 Å². The number of ether oxygens (including phenoxy) is 2. The fourth-order valence-corrected chi connectivity index (χ4v) is 4.96. The van der Waals surface area contributed by atoms with E-state index in [1.807, 2.05) is 0 Å². The van der Waals surface area contributed by atoms with Crippen molar-refractivity contribution in [2.75, 3.05) is 20.2 Å². The monoisotopic (exact) mass is 619 g/mol. The van der Waals surface area contributed by atoms with Crippen LogP contribution < -0.4 is 5.32 Å². The van der Waals surface area contributed by atoms with Gasteiger partial charge in [0.1, 0.15) is 18.3 Å². The van der Waals surface area contributed by atoms with Crippen LogP contribution in [0.25, 0.3) is 0 Å². The molecule has 1 N–H and O–H groups in total. The minimum Gasteiger partial charge on any atom is -0.726 e. The van der Waals surface area contributed by atoms with Crippen molar-refractivity contribution in [3.63, 3.8) is 0 Å². The van der Waals surface area contributed by atoms with Crippen molar-refractivity contribution in [1.29, 1.82) is 0 Å². The average molecular weight is 620 g/mol. The quantitative estimate of drug-likeness (QED) is 0.171. The van der Waals surface area contributed by atoms with Gasteiger partial charge in [-0.15, -0.1) is 0 Å². The van der Waals surface area contributed by atoms with Crippen molar-refractivity contribution in [2.24, 2.45) is 0 Å². The fourth-order valence-electron chi connectivity index (χ4n) is 3.50. The molecule has 222 valence electrons. The van der Waals surface area contributed by atoms with Crippen molar-refractivity contribution in [3.8, 4) is 0 Å². The van der Waals surface area contributed by atoms with Crippen LogP contribution in [0.1, 0.15) is 12.5 Å². The first-order valence-corrected chi connectivity index (χ1v) is 14.5. The van der Waals surface area contributed by atoms with Crippen LogP contribution in [0.4, 0.5) is 0 Å². The van der Waals surface area contributed by atoms with Crippen LogP contribution in [0.3, 0.4) is 0 Å². The van der Waals surface area contributed by atoms with Crippen molar-refractivity contribution in [3.05, 3.63) is 35.9 Å². The van der Waals surface area contributed by atoms with Crippen molar-refractivity contribution >= 4 is 43.0 Å². The fraction of sp³-hybridized carbons (Fsp3) is 0.556. The summed E-state index contributed by atoms with van der Waals surface area (Å²) in [6.07, 6.45) is -11.4. The lowest BCUT2D eigenvalue weighted by Gasteiger charge is -2.45. The van der Waals surface area contributed by atoms with Crippen LogP contribution in [-0.4, -0.2) is 107 Å². The van der Waals surface area contributed by atoms with Gasteiger partial charge in [-0.1, -0.05) is 30.3 Å². The molecule has 1 aromatic rings. The number of hydrogen-bond acceptors (Lipinski definition) is 16. The zero-order chi connectivity index (χ0) is 29.6. The number of benzene rings is 1. The van der Waals surface area contributed by atoms with Gasteiger partial charge in [0.2, 0.25) is 43.0 Å². The summed E-state index contributed by atoms with van der Waals surface area (Å²) in [6, 6.07) is 8.55. The third-order valence-corrected chi connectivity index (χ3v) is 6.38. The number of rotatable bonds is 13. The molecule has 5 atom stereocenters. The van der Waals surface area contributed by atoms with E-state index in [1.165, 1.54) is 6.92 Å². The van der Waals surface area contributed by atoms with Crippen LogP contribution >= 0.6 is 0 Å². The molecule has 0 unspecified atom stereocenters. The molecular weight excluding hydrogens is 596 g/mol. The molecule has 1 aliphatic heterocycles. The first-order valence-electron chi connectivity index (χ1n) is 10.5. The summed E-state index contributed by atoms with van der Waals surface area (Å²) in [5.41, 5.74) is 0.686. The van der Waals surface area contributed by atoms with Gasteiger partial charge < -0.3 is 33.3 Å². The Kier molecular flexibility index (Phi) is 11.3. The van der Waals surface area contributed by atoms with Crippen molar-refractivity contribution in [2.45, 2.75) is 44.2 Å². The lowest BCUT2D eigenvalue weighted by molar-refractivity contribution is -0.274. The Labute approximate surface area is 224 Å². The molecule has 2 amide bonds. The number of amides is 2. The SMILES string of the molecule is CO[C@H]1O[C@H](CNC(=O)CN(Cc2ccccc2)C(C)=O)[C@@H](OS(=O)(=O)[O-])[C@H](OS(=O)(=O)[O-])[C@@H]1OS(=O)(=O)[O-]. The van der Waals surface area contributed by atoms with Crippen LogP contribution in [0.15, 0.2) is 30.3 Å². The normalized spacial score (nSPS) is 24.2. The molecule has 21 heteroatoms. The summed E-state index contributed by atoms with van der Waals surface area (Å²) in [5, 5.41) is 2.24. The molecule has 1 heterocycles. The molecule has 0 bridgehead atoms. The van der Waals surface area contributed by atoms with Gasteiger partial charge in [0.05, 0.1) is 6.54 Å². The molecule has 39 heavy (non-hydrogen) atoms. The van der Waals surface area contributed by atoms with Gasteiger partial charge in [-0.05, 0) is 5.56 Å². The molecule has 1 aliphatic rings. The summed E-state index contributed by atoms with van der Waals surface area (Å²) < 4.78 is 124. The van der Waals surface area contributed by atoms with E-state index in [2.05, 4.69) is 17.9 Å². The number of methoxy groups -OCH3 is 1. The second-order valence-electron chi connectivity index (χ2n) is 7.85. The second-order valence-corrected chi connectivity index (χ2v) is 10.9. The summed E-state index contributed by atoms with van der Waals surface area (Å²) >= 11 is 0. The first-order chi connectivity index (χ1) is 17.9. The second kappa shape index (κ2) is 13.4. The van der Waals surface area contributed by atoms with E-state index in [0.717, 1.165) is 12.0 Å². The number of carbonyl (C=O) groups excluding carboxylic acids is 2. The molecule has 1 saturated heterocycles. The van der Waals surface area contributed by atoms with E-state index in [-0.39, 0.29) is 6.54 Å². The molecule has 0 saturated carbocycles. The van der Waals surface area contributed by atoms with Gasteiger partial charge in [-0.2, -0.15) is 0 Å². The highest BCUT2D eigenvalue weighted by atomic mass is 32.3. The average Bonchev–Trinajstić information content (AvgIpc) is 2.78. The van der Waals surface area contributed by atoms with Gasteiger partial charge in [0.25, 0.3) is 0 Å². The minimum absolute atomic E-state index is 0.0371. The lowest BCUT2D eigenvalue weighted by atomic mass is 9.99. The summed E-state index contributed by atoms with van der Waals surface area (Å²) in [7, 11) is -16.4. The van der Waals surface area contributed by atoms with Gasteiger partial charge in [0, 0.05) is 27.1 Å². The van der Waals surface area contributed by atoms with E-state index >= 15 is 0 Å². The predicted molar refractivity (Wildman–Crippen MR) is 120 cm³/mol. The van der Waals surface area contributed by atoms with E-state index in [0.29, 0.717) is 5.56 Å². The third kappa shape index (κ3) is 11.4. The summed E-state index contributed by atoms with van der Waals surface area (Å²) in [5.74, 6) is -1.34. The van der Waals surface area contributed by atoms with Crippen molar-refractivity contribution in [1.82, 2.24) is 10.2 Å². The number of hydrogen-bond donors (Lipinski definition) is 1. The Morgan fingerprint density at radius 2 is 1.41 bits per heavy atom. The highest BCUT2D eigenvalue weighted by Crippen LogP contribution is 2.31. The Bertz CT molecular complexity index is 1320. The molecule has 1 fully saturated rings. The van der Waals surface area contributed by atoms with E-state index < -0.39 is 86.8 Å². The minimum atomic E-state index is -5.79. The molecule has 18 nitrogen and oxygen atoms in total. The largest absolute Gasteiger partial charge is 0.726 e. The maximum absolute atomic E-state index is 12.6. The van der Waals surface area contributed by atoms with Gasteiger partial charge >= 0.3 is 0 Å². The Morgan fingerprint density at radius 3 is 1.90 bits per heavy atom. The van der Waals surface area contributed by atoms with Gasteiger partial charge in [-0.3, -0.25) is 22.1 Å². The first kappa shape index (κ1) is 32.9. The predicted octanol–water partition coefficient (Wildman–Crippen LogP) is -2.94. The van der Waals surface area contributed by atoms with Crippen LogP contribution in [0, 0.1) is 0 Å². The standard InChI is InChI=1S/C18H26N2O16S3/c1-11(21)20(9-12-6-4-3-5-7-12)10-14(22)19-8-13-15(34-37(23,24)25)16(35-38(26,27)28)17(18(32-2)33-13)36-39(29,30)31/h3-7,13,15-18H,8-10H2,1-2H3,(H,19,22)(H,23,24,25)(H,26,27,28)(H,29,30,31)/p-3/t13-,15-,16+,17+,18+/m1/s1. The Balaban J connectivity index is 2.30. The van der Waals surface area contributed by atoms with Gasteiger partial charge in [0.15, 0.2) is 12.4 Å². The maximum atomic E-state index is 12.6. The van der Waals surface area contributed by atoms with Crippen LogP contribution in [0.5, 0.6) is 0 Å². The summed E-state index contributed by atoms with van der Waals surface area (Å²) in [6.45, 7) is -0.0752. The molecular formula is C18H23N2O16S3-3. The van der Waals surface area contributed by atoms with Crippen molar-refractivity contribution < 1.29 is 70.5 Å². The highest BCUT2D eigenvalue weighted by Gasteiger charge is 2.51. The maximum Gasteiger partial charge on any atom is 0.239 e. The van der Waals surface area contributed by atoms with E-state index in [4.69, 9.17) is 9.47 Å². The highest BCUT2D eigenvalue weighted by molar-refractivity contribution is 7.81. The van der Waals surface area contributed by atoms with E-state index in [9.17, 15) is 48.5 Å². The number of nitrogens with zero attached hydrogens (tertiary/aromatic N) is 1. The molecule has 2 rings (SSSR count). The number of nitrogens with one attached hydrogen (secondary N) is 1. The molecule has 0 spiro atoms. The van der Waals surface area contributed by atoms with Crippen LogP contribution in [0.2, 0.25) is 0 Å². The molecule has 0 aromatic heterocycles. The van der Waals surface area contributed by atoms with Gasteiger partial charge in [-0.25, -0.2) is 25.3 Å². The molecule has 0 radical (unpaired) electrons. The number of carbonyl (C=O) groups is 2. The Hall–Kier alpha value is -2.31. The van der Waals surface area contributed by atoms with Crippen LogP contribution in [-0.2, 0) is 69.4 Å².